The molecule has 3 rings (SSSR count). The van der Waals surface area contributed by atoms with E-state index in [-0.39, 0.29) is 0 Å². The van der Waals surface area contributed by atoms with E-state index in [1.54, 1.807) is 34.4 Å². The third-order valence-corrected chi connectivity index (χ3v) is 5.36. The predicted molar refractivity (Wildman–Crippen MR) is 83.8 cm³/mol. The van der Waals surface area contributed by atoms with Crippen LogP contribution in [0.3, 0.4) is 0 Å². The highest BCUT2D eigenvalue weighted by atomic mass is 32.2. The van der Waals surface area contributed by atoms with Gasteiger partial charge in [-0.3, -0.25) is 4.40 Å². The zero-order valence-corrected chi connectivity index (χ0v) is 13.9. The molecular weight excluding hydrogens is 310 g/mol. The molecule has 0 aromatic carbocycles. The summed E-state index contributed by atoms with van der Waals surface area (Å²) < 4.78 is 3.09. The molecule has 3 aromatic heterocycles. The second kappa shape index (κ2) is 5.80. The molecule has 8 heteroatoms. The van der Waals surface area contributed by atoms with Crippen molar-refractivity contribution in [2.45, 2.75) is 42.7 Å². The lowest BCUT2D eigenvalue weighted by Crippen LogP contribution is -2.22. The van der Waals surface area contributed by atoms with Gasteiger partial charge in [-0.1, -0.05) is 25.2 Å². The maximum atomic E-state index is 4.70. The lowest BCUT2D eigenvalue weighted by molar-refractivity contribution is 0.574. The van der Waals surface area contributed by atoms with Gasteiger partial charge in [-0.05, 0) is 18.7 Å². The molecule has 1 N–H and O–H groups in total. The molecule has 0 atom stereocenters. The lowest BCUT2D eigenvalue weighted by Gasteiger charge is -2.08. The molecule has 5 nitrogen and oxygen atoms in total. The number of hydrogen-bond donors (Lipinski definition) is 1. The summed E-state index contributed by atoms with van der Waals surface area (Å²) in [6.45, 7) is 7.06. The van der Waals surface area contributed by atoms with E-state index in [4.69, 9.17) is 4.98 Å². The molecule has 20 heavy (non-hydrogen) atoms. The summed E-state index contributed by atoms with van der Waals surface area (Å²) >= 11 is 4.85. The number of imidazole rings is 1. The Kier molecular flexibility index (Phi) is 4.06. The fourth-order valence-corrected chi connectivity index (χ4v) is 4.40. The Morgan fingerprint density at radius 2 is 2.25 bits per heavy atom. The average molecular weight is 325 g/mol. The topological polar surface area (TPSA) is 55.1 Å². The molecule has 0 spiro atoms. The largest absolute Gasteiger partial charge is 0.309 e. The van der Waals surface area contributed by atoms with Crippen LogP contribution in [0.25, 0.3) is 4.96 Å². The number of thiazole rings is 1. The molecule has 0 bridgehead atoms. The molecule has 0 unspecified atom stereocenters. The van der Waals surface area contributed by atoms with E-state index in [9.17, 15) is 0 Å². The highest BCUT2D eigenvalue weighted by Gasteiger charge is 2.16. The molecule has 0 aliphatic carbocycles. The average Bonchev–Trinajstić information content (AvgIpc) is 3.04. The van der Waals surface area contributed by atoms with Crippen molar-refractivity contribution >= 4 is 39.4 Å². The minimum absolute atomic E-state index is 0.445. The second-order valence-corrected chi connectivity index (χ2v) is 7.93. The van der Waals surface area contributed by atoms with Crippen LogP contribution in [0.2, 0.25) is 0 Å². The first-order chi connectivity index (χ1) is 9.63. The SMILES string of the molecule is Cc1nnc(Sc2nc3sccn3c2CNC(C)C)s1. The molecule has 0 fully saturated rings. The Hall–Kier alpha value is -0.960. The van der Waals surface area contributed by atoms with E-state index >= 15 is 0 Å². The lowest BCUT2D eigenvalue weighted by atomic mass is 10.3. The van der Waals surface area contributed by atoms with Crippen LogP contribution >= 0.6 is 34.4 Å². The molecular formula is C12H15N5S3. The maximum absolute atomic E-state index is 4.70. The summed E-state index contributed by atoms with van der Waals surface area (Å²) in [4.78, 5) is 5.72. The van der Waals surface area contributed by atoms with E-state index in [0.29, 0.717) is 6.04 Å². The van der Waals surface area contributed by atoms with Gasteiger partial charge in [0.1, 0.15) is 10.0 Å². The van der Waals surface area contributed by atoms with Crippen LogP contribution in [-0.2, 0) is 6.54 Å². The van der Waals surface area contributed by atoms with Gasteiger partial charge < -0.3 is 5.32 Å². The van der Waals surface area contributed by atoms with Gasteiger partial charge in [-0.2, -0.15) is 0 Å². The fourth-order valence-electron chi connectivity index (χ4n) is 1.76. The highest BCUT2D eigenvalue weighted by molar-refractivity contribution is 8.01. The van der Waals surface area contributed by atoms with Crippen LogP contribution in [0.5, 0.6) is 0 Å². The summed E-state index contributed by atoms with van der Waals surface area (Å²) in [5.41, 5.74) is 1.19. The van der Waals surface area contributed by atoms with E-state index in [1.165, 1.54) is 5.69 Å². The van der Waals surface area contributed by atoms with Gasteiger partial charge in [0.05, 0.1) is 5.69 Å². The minimum Gasteiger partial charge on any atom is -0.309 e. The third kappa shape index (κ3) is 2.88. The number of fused-ring (bicyclic) bond motifs is 1. The quantitative estimate of drug-likeness (QED) is 0.780. The molecule has 0 saturated heterocycles. The molecule has 0 aliphatic rings. The van der Waals surface area contributed by atoms with Crippen molar-refractivity contribution in [1.82, 2.24) is 24.9 Å². The zero-order valence-electron chi connectivity index (χ0n) is 11.5. The number of hydrogen-bond acceptors (Lipinski definition) is 7. The Morgan fingerprint density at radius 3 is 2.95 bits per heavy atom. The number of nitrogens with one attached hydrogen (secondary N) is 1. The van der Waals surface area contributed by atoms with Crippen molar-refractivity contribution < 1.29 is 0 Å². The first-order valence-corrected chi connectivity index (χ1v) is 8.80. The van der Waals surface area contributed by atoms with Crippen LogP contribution < -0.4 is 5.32 Å². The Morgan fingerprint density at radius 1 is 1.40 bits per heavy atom. The van der Waals surface area contributed by atoms with E-state index < -0.39 is 0 Å². The zero-order chi connectivity index (χ0) is 14.1. The van der Waals surface area contributed by atoms with Gasteiger partial charge in [0, 0.05) is 24.2 Å². The van der Waals surface area contributed by atoms with Crippen LogP contribution in [-0.4, -0.2) is 25.6 Å². The predicted octanol–water partition coefficient (Wildman–Crippen LogP) is 3.20. The van der Waals surface area contributed by atoms with Gasteiger partial charge in [-0.25, -0.2) is 4.98 Å². The Bertz CT molecular complexity index is 712. The van der Waals surface area contributed by atoms with E-state index in [0.717, 1.165) is 25.9 Å². The first kappa shape index (κ1) is 14.0. The van der Waals surface area contributed by atoms with Crippen molar-refractivity contribution in [3.8, 4) is 0 Å². The highest BCUT2D eigenvalue weighted by Crippen LogP contribution is 2.33. The van der Waals surface area contributed by atoms with Gasteiger partial charge in [0.25, 0.3) is 0 Å². The molecule has 0 saturated carbocycles. The molecule has 0 aliphatic heterocycles. The number of aryl methyl sites for hydroxylation is 1. The second-order valence-electron chi connectivity index (χ2n) is 4.64. The van der Waals surface area contributed by atoms with Crippen LogP contribution in [0.15, 0.2) is 20.9 Å². The normalized spacial score (nSPS) is 11.8. The minimum atomic E-state index is 0.445. The summed E-state index contributed by atoms with van der Waals surface area (Å²) in [7, 11) is 0. The standard InChI is InChI=1S/C12H15N5S3/c1-7(2)13-6-9-10(14-11-17(9)4-5-18-11)20-12-16-15-8(3)19-12/h4-5,7,13H,6H2,1-3H3. The molecule has 3 heterocycles. The molecule has 106 valence electrons. The van der Waals surface area contributed by atoms with Crippen LogP contribution in [0.1, 0.15) is 24.5 Å². The number of rotatable bonds is 5. The Labute approximate surface area is 129 Å². The van der Waals surface area contributed by atoms with E-state index in [2.05, 4.69) is 45.3 Å². The Balaban J connectivity index is 1.92. The van der Waals surface area contributed by atoms with Gasteiger partial charge in [0.15, 0.2) is 9.30 Å². The van der Waals surface area contributed by atoms with Crippen LogP contribution in [0, 0.1) is 6.92 Å². The molecule has 0 amide bonds. The number of aromatic nitrogens is 4. The van der Waals surface area contributed by atoms with Crippen molar-refractivity contribution in [2.75, 3.05) is 0 Å². The summed E-state index contributed by atoms with van der Waals surface area (Å²) in [5, 5.41) is 15.7. The van der Waals surface area contributed by atoms with Crippen molar-refractivity contribution in [3.63, 3.8) is 0 Å². The molecule has 0 radical (unpaired) electrons. The van der Waals surface area contributed by atoms with Gasteiger partial charge >= 0.3 is 0 Å². The van der Waals surface area contributed by atoms with Crippen molar-refractivity contribution in [1.29, 1.82) is 0 Å². The third-order valence-electron chi connectivity index (χ3n) is 2.69. The molecule has 3 aromatic rings. The smallest absolute Gasteiger partial charge is 0.194 e. The summed E-state index contributed by atoms with van der Waals surface area (Å²) in [6, 6.07) is 0.445. The fraction of sp³-hybridized carbons (Fsp3) is 0.417. The van der Waals surface area contributed by atoms with Gasteiger partial charge in [0.2, 0.25) is 0 Å². The van der Waals surface area contributed by atoms with Crippen molar-refractivity contribution in [2.24, 2.45) is 0 Å². The van der Waals surface area contributed by atoms with Crippen LogP contribution in [0.4, 0.5) is 0 Å². The van der Waals surface area contributed by atoms with Gasteiger partial charge in [-0.15, -0.1) is 21.5 Å². The first-order valence-electron chi connectivity index (χ1n) is 6.29. The maximum Gasteiger partial charge on any atom is 0.194 e. The monoisotopic (exact) mass is 325 g/mol. The van der Waals surface area contributed by atoms with E-state index in [1.807, 2.05) is 6.92 Å². The summed E-state index contributed by atoms with van der Waals surface area (Å²) in [6.07, 6.45) is 2.07. The number of nitrogens with zero attached hydrogens (tertiary/aromatic N) is 4. The van der Waals surface area contributed by atoms with Crippen molar-refractivity contribution in [3.05, 3.63) is 22.3 Å². The summed E-state index contributed by atoms with van der Waals surface area (Å²) in [5.74, 6) is 0.